The first-order valence-electron chi connectivity index (χ1n) is 6.94. The van der Waals surface area contributed by atoms with Crippen LogP contribution < -0.4 is 5.32 Å². The van der Waals surface area contributed by atoms with E-state index in [0.717, 1.165) is 25.3 Å². The molecule has 0 heterocycles. The molecule has 1 amide bonds. The number of unbranched alkanes of at least 4 members (excludes halogenated alkanes) is 3. The zero-order valence-electron chi connectivity index (χ0n) is 12.3. The van der Waals surface area contributed by atoms with Crippen LogP contribution in [0.15, 0.2) is 0 Å². The maximum absolute atomic E-state index is 11.3. The number of carbonyl (C=O) groups is 2. The lowest BCUT2D eigenvalue weighted by Gasteiger charge is -2.15. The lowest BCUT2D eigenvalue weighted by molar-refractivity contribution is -0.137. The van der Waals surface area contributed by atoms with Crippen LogP contribution in [0.3, 0.4) is 0 Å². The number of carboxylic acid groups (broad SMARTS) is 1. The fourth-order valence-corrected chi connectivity index (χ4v) is 2.16. The Morgan fingerprint density at radius 2 is 1.74 bits per heavy atom. The van der Waals surface area contributed by atoms with Crippen LogP contribution in [0.1, 0.15) is 32.1 Å². The molecule has 0 aliphatic rings. The van der Waals surface area contributed by atoms with Crippen molar-refractivity contribution in [2.24, 2.45) is 0 Å². The zero-order valence-corrected chi connectivity index (χ0v) is 13.3. The van der Waals surface area contributed by atoms with Gasteiger partial charge < -0.3 is 15.2 Å². The fourth-order valence-electron chi connectivity index (χ4n) is 1.45. The normalized spacial score (nSPS) is 11.1. The van der Waals surface area contributed by atoms with Crippen LogP contribution >= 0.6 is 0 Å². The number of hydrogen-bond acceptors (Lipinski definition) is 3. The van der Waals surface area contributed by atoms with Crippen LogP contribution in [0.25, 0.3) is 0 Å². The van der Waals surface area contributed by atoms with Gasteiger partial charge in [-0.25, -0.2) is 4.79 Å². The smallest absolute Gasteiger partial charge is 0.407 e. The average Bonchev–Trinajstić information content (AvgIpc) is 2.25. The highest BCUT2D eigenvalue weighted by atomic mass is 28.3. The van der Waals surface area contributed by atoms with Crippen molar-refractivity contribution in [2.45, 2.75) is 57.8 Å². The summed E-state index contributed by atoms with van der Waals surface area (Å²) >= 11 is 0. The van der Waals surface area contributed by atoms with Crippen LogP contribution in [0.2, 0.25) is 25.7 Å². The maximum atomic E-state index is 11.3. The van der Waals surface area contributed by atoms with Gasteiger partial charge in [0.05, 0.1) is 6.61 Å². The third kappa shape index (κ3) is 14.9. The molecule has 0 fully saturated rings. The quantitative estimate of drug-likeness (QED) is 0.478. The number of nitrogens with one attached hydrogen (secondary N) is 1. The number of alkyl carbamates (subject to hydrolysis) is 1. The van der Waals surface area contributed by atoms with Crippen molar-refractivity contribution < 1.29 is 19.4 Å². The van der Waals surface area contributed by atoms with Crippen LogP contribution in [0.5, 0.6) is 0 Å². The Hall–Kier alpha value is -1.04. The maximum Gasteiger partial charge on any atom is 0.407 e. The molecule has 0 unspecified atom stereocenters. The van der Waals surface area contributed by atoms with Gasteiger partial charge in [-0.3, -0.25) is 4.79 Å². The highest BCUT2D eigenvalue weighted by Gasteiger charge is 2.13. The first-order valence-corrected chi connectivity index (χ1v) is 10.6. The van der Waals surface area contributed by atoms with Gasteiger partial charge in [0, 0.05) is 21.0 Å². The Labute approximate surface area is 116 Å². The summed E-state index contributed by atoms with van der Waals surface area (Å²) in [5.41, 5.74) is 0. The number of carboxylic acids is 1. The number of carbonyl (C=O) groups excluding carboxylic acids is 1. The van der Waals surface area contributed by atoms with Crippen molar-refractivity contribution in [3.63, 3.8) is 0 Å². The highest BCUT2D eigenvalue weighted by molar-refractivity contribution is 6.76. The number of ether oxygens (including phenoxy) is 1. The Morgan fingerprint density at radius 1 is 1.11 bits per heavy atom. The van der Waals surface area contributed by atoms with E-state index in [0.29, 0.717) is 19.6 Å². The molecule has 0 saturated heterocycles. The van der Waals surface area contributed by atoms with Crippen molar-refractivity contribution in [3.8, 4) is 0 Å². The van der Waals surface area contributed by atoms with E-state index >= 15 is 0 Å². The SMILES string of the molecule is C[Si](C)(C)CCOC(=O)NCCCCCCC(=O)O. The Kier molecular flexibility index (Phi) is 9.29. The van der Waals surface area contributed by atoms with E-state index in [1.165, 1.54) is 0 Å². The van der Waals surface area contributed by atoms with Gasteiger partial charge in [0.15, 0.2) is 0 Å². The van der Waals surface area contributed by atoms with E-state index in [-0.39, 0.29) is 12.5 Å². The Balaban J connectivity index is 3.32. The van der Waals surface area contributed by atoms with Gasteiger partial charge in [-0.15, -0.1) is 0 Å². The number of aliphatic carboxylic acids is 1. The third-order valence-electron chi connectivity index (χ3n) is 2.67. The van der Waals surface area contributed by atoms with Gasteiger partial charge in [0.2, 0.25) is 0 Å². The second-order valence-electron chi connectivity index (χ2n) is 5.93. The summed E-state index contributed by atoms with van der Waals surface area (Å²) in [5, 5.41) is 11.2. The molecule has 19 heavy (non-hydrogen) atoms. The highest BCUT2D eigenvalue weighted by Crippen LogP contribution is 2.07. The van der Waals surface area contributed by atoms with E-state index in [4.69, 9.17) is 9.84 Å². The molecule has 5 nitrogen and oxygen atoms in total. The number of rotatable bonds is 10. The summed E-state index contributed by atoms with van der Waals surface area (Å²) in [4.78, 5) is 21.6. The van der Waals surface area contributed by atoms with Crippen LogP contribution in [-0.2, 0) is 9.53 Å². The van der Waals surface area contributed by atoms with E-state index in [9.17, 15) is 9.59 Å². The minimum atomic E-state index is -1.14. The molecule has 0 atom stereocenters. The average molecular weight is 289 g/mol. The predicted octanol–water partition coefficient (Wildman–Crippen LogP) is 3.09. The fraction of sp³-hybridized carbons (Fsp3) is 0.846. The topological polar surface area (TPSA) is 75.6 Å². The first kappa shape index (κ1) is 18.0. The lowest BCUT2D eigenvalue weighted by Crippen LogP contribution is -2.28. The molecule has 0 radical (unpaired) electrons. The molecular weight excluding hydrogens is 262 g/mol. The van der Waals surface area contributed by atoms with E-state index in [1.807, 2.05) is 0 Å². The summed E-state index contributed by atoms with van der Waals surface area (Å²) in [6.07, 6.45) is 3.27. The van der Waals surface area contributed by atoms with Gasteiger partial charge in [0.25, 0.3) is 0 Å². The van der Waals surface area contributed by atoms with Crippen molar-refractivity contribution >= 4 is 20.1 Å². The molecule has 0 aliphatic heterocycles. The Morgan fingerprint density at radius 3 is 2.32 bits per heavy atom. The largest absolute Gasteiger partial charge is 0.481 e. The van der Waals surface area contributed by atoms with Crippen LogP contribution in [0, 0.1) is 0 Å². The zero-order chi connectivity index (χ0) is 14.7. The van der Waals surface area contributed by atoms with Crippen molar-refractivity contribution in [3.05, 3.63) is 0 Å². The summed E-state index contributed by atoms with van der Waals surface area (Å²) in [5.74, 6) is -0.746. The number of amides is 1. The number of hydrogen-bond donors (Lipinski definition) is 2. The van der Waals surface area contributed by atoms with Crippen molar-refractivity contribution in [1.82, 2.24) is 5.32 Å². The molecule has 0 aromatic heterocycles. The summed E-state index contributed by atoms with van der Waals surface area (Å²) < 4.78 is 5.08. The molecule has 2 N–H and O–H groups in total. The lowest BCUT2D eigenvalue weighted by atomic mass is 10.1. The monoisotopic (exact) mass is 289 g/mol. The van der Waals surface area contributed by atoms with Crippen LogP contribution in [-0.4, -0.2) is 38.4 Å². The predicted molar refractivity (Wildman–Crippen MR) is 78.2 cm³/mol. The second kappa shape index (κ2) is 9.83. The van der Waals surface area contributed by atoms with Crippen LogP contribution in [0.4, 0.5) is 4.79 Å². The summed E-state index contributed by atoms with van der Waals surface area (Å²) in [7, 11) is -1.14. The summed E-state index contributed by atoms with van der Waals surface area (Å²) in [6, 6.07) is 0.982. The minimum absolute atomic E-state index is 0.228. The standard InChI is InChI=1S/C13H27NO4Si/c1-19(2,3)11-10-18-13(17)14-9-7-5-4-6-8-12(15)16/h4-11H2,1-3H3,(H,14,17)(H,15,16). The molecule has 6 heteroatoms. The third-order valence-corrected chi connectivity index (χ3v) is 4.38. The molecule has 0 rings (SSSR count). The molecule has 0 bridgehead atoms. The van der Waals surface area contributed by atoms with Gasteiger partial charge in [-0.2, -0.15) is 0 Å². The van der Waals surface area contributed by atoms with Crippen molar-refractivity contribution in [2.75, 3.05) is 13.2 Å². The van der Waals surface area contributed by atoms with Gasteiger partial charge in [-0.05, 0) is 18.9 Å². The minimum Gasteiger partial charge on any atom is -0.481 e. The molecule has 0 aromatic carbocycles. The van der Waals surface area contributed by atoms with Crippen molar-refractivity contribution in [1.29, 1.82) is 0 Å². The van der Waals surface area contributed by atoms with E-state index in [1.54, 1.807) is 0 Å². The van der Waals surface area contributed by atoms with Gasteiger partial charge in [0.1, 0.15) is 0 Å². The van der Waals surface area contributed by atoms with Gasteiger partial charge in [-0.1, -0.05) is 32.5 Å². The molecule has 0 spiro atoms. The second-order valence-corrected chi connectivity index (χ2v) is 11.6. The van der Waals surface area contributed by atoms with E-state index in [2.05, 4.69) is 25.0 Å². The molecule has 112 valence electrons. The molecule has 0 saturated carbocycles. The molecule has 0 aromatic rings. The van der Waals surface area contributed by atoms with Gasteiger partial charge >= 0.3 is 12.1 Å². The Bertz CT molecular complexity index is 276. The molecule has 0 aliphatic carbocycles. The first-order chi connectivity index (χ1) is 8.81. The summed E-state index contributed by atoms with van der Waals surface area (Å²) in [6.45, 7) is 7.82. The van der Waals surface area contributed by atoms with E-state index < -0.39 is 14.0 Å². The molecular formula is C13H27NO4Si.